The molecule has 0 spiro atoms. The molecule has 3 rings (SSSR count). The highest BCUT2D eigenvalue weighted by Crippen LogP contribution is 2.23. The molecule has 0 aliphatic carbocycles. The predicted octanol–water partition coefficient (Wildman–Crippen LogP) is 4.85. The Morgan fingerprint density at radius 2 is 1.65 bits per heavy atom. The Morgan fingerprint density at radius 1 is 0.913 bits per heavy atom. The quantitative estimate of drug-likeness (QED) is 0.549. The Balaban J connectivity index is 1.63. The zero-order valence-electron chi connectivity index (χ0n) is 13.2. The van der Waals surface area contributed by atoms with Crippen LogP contribution in [0.4, 0.5) is 0 Å². The monoisotopic (exact) mass is 320 g/mol. The first kappa shape index (κ1) is 15.6. The number of nitrogens with zero attached hydrogens (tertiary/aromatic N) is 1. The van der Waals surface area contributed by atoms with Crippen LogP contribution < -0.4 is 5.32 Å². The van der Waals surface area contributed by atoms with E-state index < -0.39 is 0 Å². The van der Waals surface area contributed by atoms with Crippen LogP contribution in [0, 0.1) is 0 Å². The van der Waals surface area contributed by atoms with Crippen LogP contribution in [0.1, 0.15) is 11.1 Å². The van der Waals surface area contributed by atoms with Gasteiger partial charge in [-0.05, 0) is 21.9 Å². The molecule has 0 aliphatic rings. The summed E-state index contributed by atoms with van der Waals surface area (Å²) in [5.74, 6) is 0.913. The molecule has 0 aliphatic heterocycles. The Morgan fingerprint density at radius 3 is 2.48 bits per heavy atom. The van der Waals surface area contributed by atoms with Crippen molar-refractivity contribution < 1.29 is 0 Å². The van der Waals surface area contributed by atoms with E-state index in [1.165, 1.54) is 21.9 Å². The van der Waals surface area contributed by atoms with Crippen molar-refractivity contribution in [3.8, 4) is 0 Å². The van der Waals surface area contributed by atoms with E-state index in [4.69, 9.17) is 0 Å². The molecule has 1 N–H and O–H groups in total. The van der Waals surface area contributed by atoms with E-state index in [9.17, 15) is 0 Å². The molecular weight excluding hydrogens is 300 g/mol. The van der Waals surface area contributed by atoms with Crippen molar-refractivity contribution in [1.29, 1.82) is 0 Å². The third-order valence-electron chi connectivity index (χ3n) is 3.73. The van der Waals surface area contributed by atoms with Crippen molar-refractivity contribution in [2.24, 2.45) is 4.99 Å². The summed E-state index contributed by atoms with van der Waals surface area (Å²) in [6.07, 6.45) is 0. The first-order valence-electron chi connectivity index (χ1n) is 7.71. The van der Waals surface area contributed by atoms with Crippen molar-refractivity contribution in [2.45, 2.75) is 12.3 Å². The Kier molecular flexibility index (Phi) is 5.33. The highest BCUT2D eigenvalue weighted by atomic mass is 32.2. The van der Waals surface area contributed by atoms with Gasteiger partial charge in [0, 0.05) is 19.3 Å². The average molecular weight is 320 g/mol. The first-order valence-corrected chi connectivity index (χ1v) is 8.69. The Bertz CT molecular complexity index is 792. The van der Waals surface area contributed by atoms with Crippen LogP contribution in [0.3, 0.4) is 0 Å². The molecular formula is C20H20N2S. The molecule has 0 fully saturated rings. The van der Waals surface area contributed by atoms with Gasteiger partial charge in [-0.3, -0.25) is 4.99 Å². The third kappa shape index (κ3) is 4.14. The number of hydrogen-bond donors (Lipinski definition) is 1. The number of amidine groups is 1. The fraction of sp³-hybridized carbons (Fsp3) is 0.150. The largest absolute Gasteiger partial charge is 0.361 e. The number of benzene rings is 3. The molecule has 0 amide bonds. The molecule has 23 heavy (non-hydrogen) atoms. The van der Waals surface area contributed by atoms with Crippen LogP contribution in [0.5, 0.6) is 0 Å². The Hall–Kier alpha value is -2.26. The number of rotatable bonds is 4. The lowest BCUT2D eigenvalue weighted by Crippen LogP contribution is -2.19. The lowest BCUT2D eigenvalue weighted by molar-refractivity contribution is 0.925. The molecule has 0 heterocycles. The van der Waals surface area contributed by atoms with E-state index in [-0.39, 0.29) is 0 Å². The van der Waals surface area contributed by atoms with Gasteiger partial charge in [0.25, 0.3) is 0 Å². The van der Waals surface area contributed by atoms with Crippen LogP contribution in [-0.4, -0.2) is 12.2 Å². The van der Waals surface area contributed by atoms with Crippen LogP contribution in [0.15, 0.2) is 77.8 Å². The van der Waals surface area contributed by atoms with Crippen LogP contribution in [0.25, 0.3) is 10.8 Å². The van der Waals surface area contributed by atoms with E-state index in [1.54, 1.807) is 11.8 Å². The topological polar surface area (TPSA) is 24.4 Å². The molecule has 0 aromatic heterocycles. The molecule has 0 radical (unpaired) electrons. The minimum Gasteiger partial charge on any atom is -0.361 e. The van der Waals surface area contributed by atoms with Gasteiger partial charge in [0.15, 0.2) is 5.17 Å². The minimum atomic E-state index is 0.802. The van der Waals surface area contributed by atoms with E-state index in [1.807, 2.05) is 13.1 Å². The fourth-order valence-electron chi connectivity index (χ4n) is 2.53. The summed E-state index contributed by atoms with van der Waals surface area (Å²) in [7, 11) is 1.84. The van der Waals surface area contributed by atoms with Gasteiger partial charge in [0.05, 0.1) is 0 Å². The van der Waals surface area contributed by atoms with Crippen molar-refractivity contribution >= 4 is 27.7 Å². The van der Waals surface area contributed by atoms with Crippen molar-refractivity contribution in [3.63, 3.8) is 0 Å². The second kappa shape index (κ2) is 7.84. The zero-order valence-corrected chi connectivity index (χ0v) is 14.0. The van der Waals surface area contributed by atoms with Crippen molar-refractivity contribution in [3.05, 3.63) is 83.9 Å². The second-order valence-corrected chi connectivity index (χ2v) is 6.26. The highest BCUT2D eigenvalue weighted by molar-refractivity contribution is 8.13. The SMILES string of the molecule is C/N=C(/NCc1ccccc1)SCc1cccc2ccccc12. The van der Waals surface area contributed by atoms with Gasteiger partial charge in [0.2, 0.25) is 0 Å². The maximum atomic E-state index is 4.37. The van der Waals surface area contributed by atoms with Gasteiger partial charge in [0.1, 0.15) is 0 Å². The molecule has 0 atom stereocenters. The molecule has 116 valence electrons. The summed E-state index contributed by atoms with van der Waals surface area (Å²) in [6, 6.07) is 25.4. The normalized spacial score (nSPS) is 11.6. The summed E-state index contributed by atoms with van der Waals surface area (Å²) in [4.78, 5) is 4.37. The maximum Gasteiger partial charge on any atom is 0.156 e. The van der Waals surface area contributed by atoms with Crippen LogP contribution in [0.2, 0.25) is 0 Å². The van der Waals surface area contributed by atoms with Crippen LogP contribution in [-0.2, 0) is 12.3 Å². The Labute approximate surface area is 141 Å². The predicted molar refractivity (Wildman–Crippen MR) is 102 cm³/mol. The number of fused-ring (bicyclic) bond motifs is 1. The first-order chi connectivity index (χ1) is 11.4. The summed E-state index contributed by atoms with van der Waals surface area (Å²) in [5.41, 5.74) is 2.61. The number of hydrogen-bond acceptors (Lipinski definition) is 2. The summed E-state index contributed by atoms with van der Waals surface area (Å²) < 4.78 is 0. The third-order valence-corrected chi connectivity index (χ3v) is 4.79. The standard InChI is InChI=1S/C20H20N2S/c1-21-20(22-14-16-8-3-2-4-9-16)23-15-18-12-7-11-17-10-5-6-13-19(17)18/h2-13H,14-15H2,1H3,(H,21,22). The lowest BCUT2D eigenvalue weighted by atomic mass is 10.1. The lowest BCUT2D eigenvalue weighted by Gasteiger charge is -2.10. The van der Waals surface area contributed by atoms with Crippen molar-refractivity contribution in [1.82, 2.24) is 5.32 Å². The molecule has 3 aromatic rings. The number of nitrogens with one attached hydrogen (secondary N) is 1. The fourth-order valence-corrected chi connectivity index (χ4v) is 3.38. The molecule has 3 aromatic carbocycles. The summed E-state index contributed by atoms with van der Waals surface area (Å²) >= 11 is 1.75. The molecule has 0 saturated carbocycles. The van der Waals surface area contributed by atoms with Gasteiger partial charge in [-0.25, -0.2) is 0 Å². The van der Waals surface area contributed by atoms with E-state index in [2.05, 4.69) is 77.0 Å². The second-order valence-electron chi connectivity index (χ2n) is 5.29. The maximum absolute atomic E-state index is 4.37. The molecule has 0 unspecified atom stereocenters. The number of aliphatic imine (C=N–C) groups is 1. The molecule has 0 bridgehead atoms. The highest BCUT2D eigenvalue weighted by Gasteiger charge is 2.04. The van der Waals surface area contributed by atoms with E-state index in [0.717, 1.165) is 17.5 Å². The van der Waals surface area contributed by atoms with Gasteiger partial charge in [-0.1, -0.05) is 84.6 Å². The zero-order chi connectivity index (χ0) is 15.9. The summed E-state index contributed by atoms with van der Waals surface area (Å²) in [5, 5.41) is 7.00. The van der Waals surface area contributed by atoms with E-state index in [0.29, 0.717) is 0 Å². The van der Waals surface area contributed by atoms with E-state index >= 15 is 0 Å². The smallest absolute Gasteiger partial charge is 0.156 e. The van der Waals surface area contributed by atoms with Gasteiger partial charge >= 0.3 is 0 Å². The summed E-state index contributed by atoms with van der Waals surface area (Å²) in [6.45, 7) is 0.802. The van der Waals surface area contributed by atoms with Gasteiger partial charge in [-0.2, -0.15) is 0 Å². The van der Waals surface area contributed by atoms with Gasteiger partial charge in [-0.15, -0.1) is 0 Å². The molecule has 2 nitrogen and oxygen atoms in total. The van der Waals surface area contributed by atoms with Gasteiger partial charge < -0.3 is 5.32 Å². The minimum absolute atomic E-state index is 0.802. The molecule has 0 saturated heterocycles. The number of thioether (sulfide) groups is 1. The molecule has 3 heteroatoms. The van der Waals surface area contributed by atoms with Crippen molar-refractivity contribution in [2.75, 3.05) is 7.05 Å². The van der Waals surface area contributed by atoms with Crippen LogP contribution >= 0.6 is 11.8 Å². The average Bonchev–Trinajstić information content (AvgIpc) is 2.63.